The van der Waals surface area contributed by atoms with Crippen LogP contribution in [0.4, 0.5) is 0 Å². The van der Waals surface area contributed by atoms with Crippen molar-refractivity contribution in [2.24, 2.45) is 11.8 Å². The first-order valence-electron chi connectivity index (χ1n) is 8.46. The zero-order valence-corrected chi connectivity index (χ0v) is 13.8. The maximum atomic E-state index is 6.36. The predicted octanol–water partition coefficient (Wildman–Crippen LogP) is 4.39. The molecule has 0 aromatic heterocycles. The van der Waals surface area contributed by atoms with Gasteiger partial charge >= 0.3 is 0 Å². The fourth-order valence-electron chi connectivity index (χ4n) is 3.78. The van der Waals surface area contributed by atoms with Gasteiger partial charge in [0.25, 0.3) is 0 Å². The minimum Gasteiger partial charge on any atom is -0.374 e. The summed E-state index contributed by atoms with van der Waals surface area (Å²) in [5, 5.41) is 3.81. The highest BCUT2D eigenvalue weighted by Gasteiger charge is 2.44. The van der Waals surface area contributed by atoms with Crippen LogP contribution in [0.2, 0.25) is 0 Å². The molecule has 2 heteroatoms. The van der Waals surface area contributed by atoms with E-state index in [1.165, 1.54) is 38.5 Å². The SMILES string of the molecule is CCCNC(C(C)CC)C1(OCC)CCCC(C)C1. The second-order valence-electron chi connectivity index (χ2n) is 6.52. The maximum absolute atomic E-state index is 6.36. The fraction of sp³-hybridized carbons (Fsp3) is 1.00. The van der Waals surface area contributed by atoms with Crippen LogP contribution >= 0.6 is 0 Å². The van der Waals surface area contributed by atoms with Crippen molar-refractivity contribution < 1.29 is 4.74 Å². The molecule has 2 nitrogen and oxygen atoms in total. The lowest BCUT2D eigenvalue weighted by Gasteiger charge is -2.48. The molecular weight excluding hydrogens is 234 g/mol. The molecule has 0 heterocycles. The van der Waals surface area contributed by atoms with Crippen LogP contribution in [0.25, 0.3) is 0 Å². The van der Waals surface area contributed by atoms with Crippen LogP contribution in [0.3, 0.4) is 0 Å². The van der Waals surface area contributed by atoms with Crippen LogP contribution in [0.15, 0.2) is 0 Å². The van der Waals surface area contributed by atoms with Crippen LogP contribution in [0.5, 0.6) is 0 Å². The van der Waals surface area contributed by atoms with E-state index in [0.717, 1.165) is 19.1 Å². The Morgan fingerprint density at radius 3 is 2.58 bits per heavy atom. The Balaban J connectivity index is 2.88. The van der Waals surface area contributed by atoms with Crippen LogP contribution < -0.4 is 5.32 Å². The van der Waals surface area contributed by atoms with Crippen molar-refractivity contribution in [1.29, 1.82) is 0 Å². The molecule has 0 radical (unpaired) electrons. The summed E-state index contributed by atoms with van der Waals surface area (Å²) in [7, 11) is 0. The monoisotopic (exact) mass is 269 g/mol. The smallest absolute Gasteiger partial charge is 0.0839 e. The highest BCUT2D eigenvalue weighted by molar-refractivity contribution is 4.99. The lowest BCUT2D eigenvalue weighted by Crippen LogP contribution is -2.57. The van der Waals surface area contributed by atoms with E-state index in [-0.39, 0.29) is 5.60 Å². The summed E-state index contributed by atoms with van der Waals surface area (Å²) in [6.45, 7) is 13.4. The number of ether oxygens (including phenoxy) is 1. The fourth-order valence-corrected chi connectivity index (χ4v) is 3.78. The standard InChI is InChI=1S/C17H35NO/c1-6-12-18-16(15(5)7-2)17(19-8-3)11-9-10-14(4)13-17/h14-16,18H,6-13H2,1-5H3. The highest BCUT2D eigenvalue weighted by Crippen LogP contribution is 2.40. The average Bonchev–Trinajstić information content (AvgIpc) is 2.39. The molecule has 0 aliphatic heterocycles. The maximum Gasteiger partial charge on any atom is 0.0839 e. The van der Waals surface area contributed by atoms with Gasteiger partial charge in [-0.05, 0) is 44.6 Å². The van der Waals surface area contributed by atoms with E-state index >= 15 is 0 Å². The van der Waals surface area contributed by atoms with E-state index in [9.17, 15) is 0 Å². The summed E-state index contributed by atoms with van der Waals surface area (Å²) >= 11 is 0. The van der Waals surface area contributed by atoms with Gasteiger partial charge in [0.1, 0.15) is 0 Å². The van der Waals surface area contributed by atoms with Gasteiger partial charge in [0.05, 0.1) is 5.60 Å². The van der Waals surface area contributed by atoms with Crippen molar-refractivity contribution >= 4 is 0 Å². The minimum atomic E-state index is 0.0804. The first-order chi connectivity index (χ1) is 9.09. The van der Waals surface area contributed by atoms with Crippen LogP contribution in [0.1, 0.15) is 73.1 Å². The molecule has 0 saturated heterocycles. The van der Waals surface area contributed by atoms with Crippen LogP contribution in [-0.4, -0.2) is 24.8 Å². The van der Waals surface area contributed by atoms with Crippen molar-refractivity contribution in [3.05, 3.63) is 0 Å². The molecule has 0 amide bonds. The van der Waals surface area contributed by atoms with Gasteiger partial charge < -0.3 is 10.1 Å². The molecule has 0 bridgehead atoms. The Morgan fingerprint density at radius 2 is 2.05 bits per heavy atom. The molecule has 0 spiro atoms. The second kappa shape index (κ2) is 8.26. The van der Waals surface area contributed by atoms with Crippen molar-refractivity contribution in [1.82, 2.24) is 5.32 Å². The lowest BCUT2D eigenvalue weighted by atomic mass is 9.71. The zero-order valence-electron chi connectivity index (χ0n) is 13.8. The van der Waals surface area contributed by atoms with E-state index < -0.39 is 0 Å². The van der Waals surface area contributed by atoms with Gasteiger partial charge in [0, 0.05) is 12.6 Å². The molecule has 4 atom stereocenters. The Morgan fingerprint density at radius 1 is 1.32 bits per heavy atom. The minimum absolute atomic E-state index is 0.0804. The largest absolute Gasteiger partial charge is 0.374 e. The quantitative estimate of drug-likeness (QED) is 0.706. The van der Waals surface area contributed by atoms with Gasteiger partial charge in [-0.15, -0.1) is 0 Å². The van der Waals surface area contributed by atoms with E-state index in [2.05, 4.69) is 39.9 Å². The van der Waals surface area contributed by atoms with E-state index in [0.29, 0.717) is 12.0 Å². The summed E-state index contributed by atoms with van der Waals surface area (Å²) < 4.78 is 6.36. The molecule has 114 valence electrons. The molecule has 1 aliphatic rings. The Labute approximate surface area is 120 Å². The number of rotatable bonds is 8. The molecule has 4 unspecified atom stereocenters. The van der Waals surface area contributed by atoms with Gasteiger partial charge in [-0.3, -0.25) is 0 Å². The molecule has 1 N–H and O–H groups in total. The highest BCUT2D eigenvalue weighted by atomic mass is 16.5. The molecule has 1 aliphatic carbocycles. The van der Waals surface area contributed by atoms with Crippen molar-refractivity contribution in [3.63, 3.8) is 0 Å². The lowest BCUT2D eigenvalue weighted by molar-refractivity contribution is -0.111. The van der Waals surface area contributed by atoms with Gasteiger partial charge in [-0.1, -0.05) is 47.0 Å². The van der Waals surface area contributed by atoms with Gasteiger partial charge in [-0.2, -0.15) is 0 Å². The topological polar surface area (TPSA) is 21.3 Å². The third-order valence-corrected chi connectivity index (χ3v) is 4.82. The Kier molecular flexibility index (Phi) is 7.38. The summed E-state index contributed by atoms with van der Waals surface area (Å²) in [6, 6.07) is 0.514. The third kappa shape index (κ3) is 4.46. The number of hydrogen-bond acceptors (Lipinski definition) is 2. The summed E-state index contributed by atoms with van der Waals surface area (Å²) in [5.41, 5.74) is 0.0804. The van der Waals surface area contributed by atoms with E-state index in [1.807, 2.05) is 0 Å². The Bertz CT molecular complexity index is 239. The molecule has 1 fully saturated rings. The predicted molar refractivity (Wildman–Crippen MR) is 83.5 cm³/mol. The molecule has 0 aromatic carbocycles. The van der Waals surface area contributed by atoms with E-state index in [1.54, 1.807) is 0 Å². The molecule has 19 heavy (non-hydrogen) atoms. The summed E-state index contributed by atoms with van der Waals surface area (Å²) in [6.07, 6.45) is 7.58. The first-order valence-corrected chi connectivity index (χ1v) is 8.46. The average molecular weight is 269 g/mol. The van der Waals surface area contributed by atoms with E-state index in [4.69, 9.17) is 4.74 Å². The third-order valence-electron chi connectivity index (χ3n) is 4.82. The first kappa shape index (κ1) is 17.0. The van der Waals surface area contributed by atoms with Crippen molar-refractivity contribution in [3.8, 4) is 0 Å². The van der Waals surface area contributed by atoms with Crippen LogP contribution in [-0.2, 0) is 4.74 Å². The molecule has 1 rings (SSSR count). The summed E-state index contributed by atoms with van der Waals surface area (Å²) in [5.74, 6) is 1.48. The molecule has 0 aromatic rings. The van der Waals surface area contributed by atoms with Gasteiger partial charge in [0.15, 0.2) is 0 Å². The summed E-state index contributed by atoms with van der Waals surface area (Å²) in [4.78, 5) is 0. The number of hydrogen-bond donors (Lipinski definition) is 1. The van der Waals surface area contributed by atoms with Crippen molar-refractivity contribution in [2.75, 3.05) is 13.2 Å². The van der Waals surface area contributed by atoms with Gasteiger partial charge in [0.2, 0.25) is 0 Å². The van der Waals surface area contributed by atoms with Crippen LogP contribution in [0, 0.1) is 11.8 Å². The molecular formula is C17H35NO. The Hall–Kier alpha value is -0.0800. The normalized spacial score (nSPS) is 31.1. The second-order valence-corrected chi connectivity index (χ2v) is 6.52. The number of nitrogens with one attached hydrogen (secondary N) is 1. The zero-order chi connectivity index (χ0) is 14.3. The van der Waals surface area contributed by atoms with Gasteiger partial charge in [-0.25, -0.2) is 0 Å². The molecule has 1 saturated carbocycles. The van der Waals surface area contributed by atoms with Crippen molar-refractivity contribution in [2.45, 2.75) is 84.8 Å².